The van der Waals surface area contributed by atoms with E-state index in [1.165, 1.54) is 19.1 Å². The van der Waals surface area contributed by atoms with E-state index in [4.69, 9.17) is 0 Å². The Morgan fingerprint density at radius 2 is 1.90 bits per heavy atom. The van der Waals surface area contributed by atoms with Crippen LogP contribution in [0.25, 0.3) is 0 Å². The molecule has 12 heteroatoms. The molecule has 0 bridgehead atoms. The Bertz CT molecular complexity index is 1020. The molecule has 170 valence electrons. The fraction of sp³-hybridized carbons (Fsp3) is 0.474. The van der Waals surface area contributed by atoms with E-state index >= 15 is 0 Å². The molecule has 0 spiro atoms. The van der Waals surface area contributed by atoms with Crippen LogP contribution in [0.3, 0.4) is 0 Å². The Kier molecular flexibility index (Phi) is 6.14. The monoisotopic (exact) mass is 465 g/mol. The van der Waals surface area contributed by atoms with Gasteiger partial charge in [0.1, 0.15) is 5.70 Å². The van der Waals surface area contributed by atoms with Crippen molar-refractivity contribution in [3.8, 4) is 0 Å². The van der Waals surface area contributed by atoms with Gasteiger partial charge in [-0.2, -0.15) is 21.6 Å². The van der Waals surface area contributed by atoms with Crippen LogP contribution in [0.2, 0.25) is 0 Å². The average molecular weight is 465 g/mol. The Balaban J connectivity index is 1.89. The zero-order valence-corrected chi connectivity index (χ0v) is 17.2. The normalized spacial score (nSPS) is 21.3. The summed E-state index contributed by atoms with van der Waals surface area (Å²) in [5, 5.41) is 2.27. The predicted octanol–water partition coefficient (Wildman–Crippen LogP) is 4.37. The van der Waals surface area contributed by atoms with Gasteiger partial charge in [-0.15, -0.1) is 4.40 Å². The molecule has 1 aromatic rings. The first-order valence-corrected chi connectivity index (χ1v) is 10.9. The summed E-state index contributed by atoms with van der Waals surface area (Å²) in [4.78, 5) is 12.8. The Hall–Kier alpha value is -2.50. The number of likely N-dealkylation sites (N-methyl/N-ethyl adjacent to an activating group) is 1. The van der Waals surface area contributed by atoms with Gasteiger partial charge < -0.3 is 5.32 Å². The van der Waals surface area contributed by atoms with Crippen LogP contribution < -0.4 is 5.32 Å². The van der Waals surface area contributed by atoms with Crippen LogP contribution in [0.5, 0.6) is 0 Å². The number of alkyl halides is 5. The first-order valence-electron chi connectivity index (χ1n) is 9.53. The van der Waals surface area contributed by atoms with Crippen molar-refractivity contribution in [2.75, 3.05) is 11.9 Å². The number of anilines is 1. The number of amides is 1. The van der Waals surface area contributed by atoms with Crippen LogP contribution in [-0.2, 0) is 21.2 Å². The molecule has 1 fully saturated rings. The number of benzene rings is 1. The molecule has 1 heterocycles. The zero-order chi connectivity index (χ0) is 23.0. The van der Waals surface area contributed by atoms with E-state index in [1.807, 2.05) is 0 Å². The van der Waals surface area contributed by atoms with Crippen LogP contribution in [0, 0.1) is 5.92 Å². The number of nitrogens with one attached hydrogen (secondary N) is 1. The maximum atomic E-state index is 13.5. The lowest BCUT2D eigenvalue weighted by molar-refractivity contribution is -0.137. The van der Waals surface area contributed by atoms with Gasteiger partial charge in [0.05, 0.1) is 11.3 Å². The quantitative estimate of drug-likeness (QED) is 0.671. The molecule has 0 aromatic heterocycles. The lowest BCUT2D eigenvalue weighted by atomic mass is 9.83. The second-order valence-corrected chi connectivity index (χ2v) is 8.87. The van der Waals surface area contributed by atoms with E-state index in [0.29, 0.717) is 0 Å². The zero-order valence-electron chi connectivity index (χ0n) is 16.4. The summed E-state index contributed by atoms with van der Waals surface area (Å²) in [6.07, 6.45) is -4.24. The van der Waals surface area contributed by atoms with E-state index in [0.717, 1.165) is 22.5 Å². The van der Waals surface area contributed by atoms with Crippen LogP contribution >= 0.6 is 0 Å². The fourth-order valence-electron chi connectivity index (χ4n) is 3.55. The molecule has 1 amide bonds. The van der Waals surface area contributed by atoms with Crippen LogP contribution in [0.1, 0.15) is 38.2 Å². The number of hydrogen-bond acceptors (Lipinski definition) is 3. The van der Waals surface area contributed by atoms with Crippen molar-refractivity contribution in [2.45, 2.75) is 44.7 Å². The molecule has 0 radical (unpaired) electrons. The van der Waals surface area contributed by atoms with Crippen LogP contribution in [0.15, 0.2) is 40.4 Å². The van der Waals surface area contributed by atoms with Crippen molar-refractivity contribution in [2.24, 2.45) is 10.3 Å². The average Bonchev–Trinajstić information content (AvgIpc) is 2.66. The lowest BCUT2D eigenvalue weighted by Gasteiger charge is -2.32. The highest BCUT2D eigenvalue weighted by molar-refractivity contribution is 7.88. The molecule has 1 aliphatic carbocycles. The van der Waals surface area contributed by atoms with Crippen LogP contribution in [-0.4, -0.2) is 36.8 Å². The summed E-state index contributed by atoms with van der Waals surface area (Å²) in [5.41, 5.74) is -1.49. The molecule has 31 heavy (non-hydrogen) atoms. The third-order valence-corrected chi connectivity index (χ3v) is 6.61. The number of halogens is 5. The van der Waals surface area contributed by atoms with Gasteiger partial charge in [0.25, 0.3) is 5.91 Å². The summed E-state index contributed by atoms with van der Waals surface area (Å²) in [5.74, 6) is -4.34. The highest BCUT2D eigenvalue weighted by atomic mass is 32.2. The molecule has 1 saturated carbocycles. The Morgan fingerprint density at radius 3 is 2.48 bits per heavy atom. The van der Waals surface area contributed by atoms with Gasteiger partial charge in [0, 0.05) is 31.0 Å². The number of hydrogen-bond donors (Lipinski definition) is 1. The molecule has 2 aliphatic rings. The standard InChI is InChI=1S/C19H20F5N3O3S/c1-2-27-16(17(28)25-14-5-3-4-13(10-14)19(22,23)24)11-15(26-31(27,29)30)12-6-8-18(20,21)9-7-12/h3-5,10-12H,2,6-9H2,1H3,(H,25,28). The number of allylic oxidation sites excluding steroid dienone is 1. The minimum atomic E-state index is -4.62. The highest BCUT2D eigenvalue weighted by Gasteiger charge is 2.39. The molecular formula is C19H20F5N3O3S. The lowest BCUT2D eigenvalue weighted by Crippen LogP contribution is -2.40. The van der Waals surface area contributed by atoms with E-state index in [1.54, 1.807) is 0 Å². The summed E-state index contributed by atoms with van der Waals surface area (Å²) in [6.45, 7) is 1.31. The van der Waals surface area contributed by atoms with Crippen molar-refractivity contribution >= 4 is 27.5 Å². The molecular weight excluding hydrogens is 445 g/mol. The molecule has 1 aromatic carbocycles. The predicted molar refractivity (Wildman–Crippen MR) is 104 cm³/mol. The number of rotatable bonds is 4. The van der Waals surface area contributed by atoms with Crippen LogP contribution in [0.4, 0.5) is 27.6 Å². The van der Waals surface area contributed by atoms with E-state index < -0.39 is 52.5 Å². The third-order valence-electron chi connectivity index (χ3n) is 5.16. The van der Waals surface area contributed by atoms with Crippen molar-refractivity contribution < 1.29 is 35.2 Å². The molecule has 0 atom stereocenters. The molecule has 0 unspecified atom stereocenters. The maximum Gasteiger partial charge on any atom is 0.416 e. The summed E-state index contributed by atoms with van der Waals surface area (Å²) in [6, 6.07) is 3.91. The number of carbonyl (C=O) groups is 1. The van der Waals surface area contributed by atoms with Gasteiger partial charge in [0.15, 0.2) is 0 Å². The number of carbonyl (C=O) groups excluding carboxylic acids is 1. The van der Waals surface area contributed by atoms with Crippen molar-refractivity contribution in [1.82, 2.24) is 4.31 Å². The molecule has 3 rings (SSSR count). The third kappa shape index (κ3) is 5.23. The van der Waals surface area contributed by atoms with Crippen molar-refractivity contribution in [3.63, 3.8) is 0 Å². The Labute approximate surface area is 176 Å². The summed E-state index contributed by atoms with van der Waals surface area (Å²) in [7, 11) is -4.29. The Morgan fingerprint density at radius 1 is 1.26 bits per heavy atom. The smallest absolute Gasteiger partial charge is 0.321 e. The van der Waals surface area contributed by atoms with E-state index in [2.05, 4.69) is 9.71 Å². The van der Waals surface area contributed by atoms with Crippen molar-refractivity contribution in [3.05, 3.63) is 41.6 Å². The van der Waals surface area contributed by atoms with Gasteiger partial charge in [0.2, 0.25) is 5.92 Å². The summed E-state index contributed by atoms with van der Waals surface area (Å²) < 4.78 is 95.2. The second-order valence-electron chi connectivity index (χ2n) is 7.35. The number of nitrogens with zero attached hydrogens (tertiary/aromatic N) is 2. The van der Waals surface area contributed by atoms with Crippen molar-refractivity contribution in [1.29, 1.82) is 0 Å². The molecule has 0 saturated heterocycles. The van der Waals surface area contributed by atoms with Gasteiger partial charge in [-0.3, -0.25) is 4.79 Å². The summed E-state index contributed by atoms with van der Waals surface area (Å²) >= 11 is 0. The molecule has 1 aliphatic heterocycles. The fourth-order valence-corrected chi connectivity index (χ4v) is 4.83. The van der Waals surface area contributed by atoms with Gasteiger partial charge in [-0.25, -0.2) is 13.1 Å². The minimum Gasteiger partial charge on any atom is -0.321 e. The van der Waals surface area contributed by atoms with Gasteiger partial charge in [-0.1, -0.05) is 6.07 Å². The van der Waals surface area contributed by atoms with E-state index in [-0.39, 0.29) is 36.5 Å². The first kappa shape index (κ1) is 23.2. The molecule has 6 nitrogen and oxygen atoms in total. The van der Waals surface area contributed by atoms with E-state index in [9.17, 15) is 35.2 Å². The molecule has 1 N–H and O–H groups in total. The van der Waals surface area contributed by atoms with Gasteiger partial charge >= 0.3 is 16.4 Å². The largest absolute Gasteiger partial charge is 0.416 e. The second kappa shape index (κ2) is 8.21. The topological polar surface area (TPSA) is 78.8 Å². The first-order chi connectivity index (χ1) is 14.3. The van der Waals surface area contributed by atoms with Gasteiger partial charge in [-0.05, 0) is 44.0 Å². The highest BCUT2D eigenvalue weighted by Crippen LogP contribution is 2.38. The maximum absolute atomic E-state index is 13.5. The SMILES string of the molecule is CCN1C(C(=O)Nc2cccc(C(F)(F)F)c2)=CC(C2CCC(F)(F)CC2)=NS1(=O)=O. The minimum absolute atomic E-state index is 0.00519.